The Morgan fingerprint density at radius 1 is 1.22 bits per heavy atom. The van der Waals surface area contributed by atoms with Crippen molar-refractivity contribution in [3.05, 3.63) is 59.0 Å². The molecule has 1 fully saturated rings. The normalized spacial score (nSPS) is 18.3. The van der Waals surface area contributed by atoms with E-state index in [0.29, 0.717) is 23.2 Å². The smallest absolute Gasteiger partial charge is 0.168 e. The molecular weight excluding hydrogens is 342 g/mol. The summed E-state index contributed by atoms with van der Waals surface area (Å²) >= 11 is 0. The lowest BCUT2D eigenvalue weighted by atomic mass is 10.1. The molecule has 3 aromatic rings. The van der Waals surface area contributed by atoms with E-state index in [9.17, 15) is 4.79 Å². The predicted molar refractivity (Wildman–Crippen MR) is 98.8 cm³/mol. The van der Waals surface area contributed by atoms with Gasteiger partial charge in [0.1, 0.15) is 22.7 Å². The standard InChI is InChI=1S/C19H19N7O/c1-11(20)26-19(21)6-5-16(24-26)18-8-17(23-25(18)2)15-7-14(15)12-3-4-13(10-27)22-9-12/h3-6,8-10,14-15,20-21H,7H2,1-2H3. The fourth-order valence-electron chi connectivity index (χ4n) is 3.32. The van der Waals surface area contributed by atoms with Crippen LogP contribution < -0.4 is 5.49 Å². The Bertz CT molecular complexity index is 1090. The average Bonchev–Trinajstić information content (AvgIpc) is 3.37. The third kappa shape index (κ3) is 3.10. The summed E-state index contributed by atoms with van der Waals surface area (Å²) in [5.74, 6) is 0.872. The number of nitrogens with zero attached hydrogens (tertiary/aromatic N) is 5. The van der Waals surface area contributed by atoms with Crippen LogP contribution in [0.2, 0.25) is 0 Å². The molecule has 0 aliphatic heterocycles. The van der Waals surface area contributed by atoms with E-state index in [0.717, 1.165) is 29.7 Å². The molecule has 2 atom stereocenters. The minimum Gasteiger partial charge on any atom is -0.296 e. The van der Waals surface area contributed by atoms with Crippen molar-refractivity contribution in [3.63, 3.8) is 0 Å². The van der Waals surface area contributed by atoms with Gasteiger partial charge in [-0.1, -0.05) is 6.07 Å². The number of hydrogen-bond donors (Lipinski definition) is 2. The Labute approximate surface area is 155 Å². The van der Waals surface area contributed by atoms with E-state index in [1.165, 1.54) is 4.68 Å². The molecule has 4 rings (SSSR count). The molecule has 0 bridgehead atoms. The first-order valence-electron chi connectivity index (χ1n) is 8.64. The zero-order chi connectivity index (χ0) is 19.1. The molecule has 1 aliphatic carbocycles. The maximum atomic E-state index is 10.7. The fraction of sp³-hybridized carbons (Fsp3) is 0.263. The maximum Gasteiger partial charge on any atom is 0.168 e. The first-order valence-corrected chi connectivity index (χ1v) is 8.64. The number of aromatic nitrogens is 5. The summed E-state index contributed by atoms with van der Waals surface area (Å²) in [7, 11) is 1.87. The Balaban J connectivity index is 1.61. The monoisotopic (exact) mass is 361 g/mol. The zero-order valence-corrected chi connectivity index (χ0v) is 15.0. The van der Waals surface area contributed by atoms with Crippen molar-refractivity contribution in [3.8, 4) is 11.4 Å². The maximum absolute atomic E-state index is 10.7. The molecule has 0 radical (unpaired) electrons. The highest BCUT2D eigenvalue weighted by Crippen LogP contribution is 2.54. The lowest BCUT2D eigenvalue weighted by Crippen LogP contribution is -2.27. The van der Waals surface area contributed by atoms with Crippen LogP contribution in [0.5, 0.6) is 0 Å². The van der Waals surface area contributed by atoms with Crippen LogP contribution in [-0.2, 0) is 7.05 Å². The van der Waals surface area contributed by atoms with Crippen LogP contribution in [0.4, 0.5) is 0 Å². The van der Waals surface area contributed by atoms with Gasteiger partial charge in [0.15, 0.2) is 6.29 Å². The Morgan fingerprint density at radius 3 is 2.70 bits per heavy atom. The summed E-state index contributed by atoms with van der Waals surface area (Å²) in [4.78, 5) is 14.9. The molecule has 2 N–H and O–H groups in total. The molecule has 2 unspecified atom stereocenters. The van der Waals surface area contributed by atoms with E-state index in [4.69, 9.17) is 10.8 Å². The molecule has 0 aromatic carbocycles. The van der Waals surface area contributed by atoms with Crippen LogP contribution in [0.1, 0.15) is 46.9 Å². The van der Waals surface area contributed by atoms with E-state index in [2.05, 4.69) is 15.2 Å². The van der Waals surface area contributed by atoms with Crippen molar-refractivity contribution in [2.45, 2.75) is 25.2 Å². The summed E-state index contributed by atoms with van der Waals surface area (Å²) in [5, 5.41) is 24.6. The minimum atomic E-state index is 0.169. The highest BCUT2D eigenvalue weighted by atomic mass is 16.1. The molecule has 0 amide bonds. The third-order valence-corrected chi connectivity index (χ3v) is 4.84. The number of nitrogens with one attached hydrogen (secondary N) is 2. The van der Waals surface area contributed by atoms with Crippen molar-refractivity contribution in [2.24, 2.45) is 7.05 Å². The second-order valence-corrected chi connectivity index (χ2v) is 6.76. The molecular formula is C19H19N7O. The number of aldehydes is 1. The van der Waals surface area contributed by atoms with Crippen LogP contribution in [0, 0.1) is 10.8 Å². The van der Waals surface area contributed by atoms with Crippen LogP contribution in [0.25, 0.3) is 11.4 Å². The Morgan fingerprint density at radius 2 is 2.04 bits per heavy atom. The minimum absolute atomic E-state index is 0.169. The highest BCUT2D eigenvalue weighted by molar-refractivity contribution is 5.77. The summed E-state index contributed by atoms with van der Waals surface area (Å²) < 4.78 is 3.08. The van der Waals surface area contributed by atoms with Crippen molar-refractivity contribution in [2.75, 3.05) is 0 Å². The van der Waals surface area contributed by atoms with Crippen LogP contribution >= 0.6 is 0 Å². The number of carbonyl (C=O) groups excluding carboxylic acids is 1. The summed E-state index contributed by atoms with van der Waals surface area (Å²) in [6.45, 7) is 1.60. The van der Waals surface area contributed by atoms with Gasteiger partial charge in [0.05, 0.1) is 11.4 Å². The molecule has 3 aromatic heterocycles. The van der Waals surface area contributed by atoms with Crippen molar-refractivity contribution in [1.82, 2.24) is 24.5 Å². The summed E-state index contributed by atoms with van der Waals surface area (Å²) in [5.41, 5.74) is 4.24. The van der Waals surface area contributed by atoms with Gasteiger partial charge in [-0.3, -0.25) is 25.3 Å². The predicted octanol–water partition coefficient (Wildman–Crippen LogP) is 2.09. The van der Waals surface area contributed by atoms with Gasteiger partial charge in [-0.25, -0.2) is 4.68 Å². The number of aryl methyl sites for hydroxylation is 1. The Kier molecular flexibility index (Phi) is 4.02. The van der Waals surface area contributed by atoms with Gasteiger partial charge in [0, 0.05) is 19.2 Å². The molecule has 0 spiro atoms. The summed E-state index contributed by atoms with van der Waals surface area (Å²) in [6.07, 6.45) is 3.51. The number of pyridine rings is 1. The number of hydrogen-bond acceptors (Lipinski definition) is 6. The van der Waals surface area contributed by atoms with E-state index >= 15 is 0 Å². The fourth-order valence-corrected chi connectivity index (χ4v) is 3.32. The van der Waals surface area contributed by atoms with Crippen molar-refractivity contribution < 1.29 is 4.79 Å². The molecule has 1 saturated carbocycles. The average molecular weight is 361 g/mol. The number of rotatable bonds is 4. The zero-order valence-electron chi connectivity index (χ0n) is 15.0. The molecule has 3 heterocycles. The van der Waals surface area contributed by atoms with E-state index in [1.54, 1.807) is 36.0 Å². The van der Waals surface area contributed by atoms with Gasteiger partial charge in [0.25, 0.3) is 0 Å². The Hall–Kier alpha value is -3.42. The van der Waals surface area contributed by atoms with Crippen LogP contribution in [-0.4, -0.2) is 36.7 Å². The molecule has 8 heteroatoms. The highest BCUT2D eigenvalue weighted by Gasteiger charge is 2.41. The van der Waals surface area contributed by atoms with E-state index < -0.39 is 0 Å². The largest absolute Gasteiger partial charge is 0.296 e. The van der Waals surface area contributed by atoms with Gasteiger partial charge >= 0.3 is 0 Å². The van der Waals surface area contributed by atoms with E-state index in [1.807, 2.05) is 19.2 Å². The quantitative estimate of drug-likeness (QED) is 0.421. The lowest BCUT2D eigenvalue weighted by molar-refractivity contribution is 0.111. The second kappa shape index (κ2) is 6.39. The SMILES string of the molecule is CC(=N)n1nc(-c2cc(C3CC3c3ccc(C=O)nc3)nn2C)ccc1=N. The van der Waals surface area contributed by atoms with Crippen LogP contribution in [0.15, 0.2) is 36.5 Å². The van der Waals surface area contributed by atoms with Crippen LogP contribution in [0.3, 0.4) is 0 Å². The van der Waals surface area contributed by atoms with Crippen molar-refractivity contribution >= 4 is 12.1 Å². The van der Waals surface area contributed by atoms with Gasteiger partial charge < -0.3 is 0 Å². The molecule has 136 valence electrons. The topological polar surface area (TPSA) is 113 Å². The number of carbonyl (C=O) groups is 1. The van der Waals surface area contributed by atoms with E-state index in [-0.39, 0.29) is 11.3 Å². The van der Waals surface area contributed by atoms with Gasteiger partial charge in [-0.05, 0) is 49.1 Å². The second-order valence-electron chi connectivity index (χ2n) is 6.76. The van der Waals surface area contributed by atoms with Gasteiger partial charge in [-0.2, -0.15) is 10.2 Å². The lowest BCUT2D eigenvalue weighted by Gasteiger charge is -2.06. The van der Waals surface area contributed by atoms with Gasteiger partial charge in [-0.15, -0.1) is 0 Å². The third-order valence-electron chi connectivity index (χ3n) is 4.84. The molecule has 0 saturated heterocycles. The first-order chi connectivity index (χ1) is 13.0. The first kappa shape index (κ1) is 17.0. The molecule has 1 aliphatic rings. The van der Waals surface area contributed by atoms with Crippen molar-refractivity contribution in [1.29, 1.82) is 10.8 Å². The molecule has 27 heavy (non-hydrogen) atoms. The molecule has 8 nitrogen and oxygen atoms in total. The van der Waals surface area contributed by atoms with Gasteiger partial charge in [0.2, 0.25) is 0 Å². The summed E-state index contributed by atoms with van der Waals surface area (Å²) in [6, 6.07) is 9.12.